The van der Waals surface area contributed by atoms with Crippen molar-refractivity contribution < 1.29 is 13.2 Å². The summed E-state index contributed by atoms with van der Waals surface area (Å²) in [6, 6.07) is 10.1. The highest BCUT2D eigenvalue weighted by Crippen LogP contribution is 2.19. The zero-order valence-corrected chi connectivity index (χ0v) is 14.6. The van der Waals surface area contributed by atoms with Gasteiger partial charge in [-0.05, 0) is 30.7 Å². The molecule has 0 saturated carbocycles. The molecule has 1 aromatic carbocycles. The summed E-state index contributed by atoms with van der Waals surface area (Å²) in [7, 11) is -3.70. The number of aromatic nitrogens is 2. The van der Waals surface area contributed by atoms with Crippen LogP contribution in [0, 0.1) is 6.92 Å². The molecular weight excluding hydrogens is 342 g/mol. The SMILES string of the molecule is Cc1ccccc1S(=O)(=O)Nc1ccc(N2CCN(C=O)CC2)nn1. The standard InChI is InChI=1S/C16H19N5O3S/c1-13-4-2-3-5-14(13)25(23,24)19-15-6-7-16(18-17-15)21-10-8-20(12-22)9-11-21/h2-7,12H,8-11H2,1H3,(H,17,19). The van der Waals surface area contributed by atoms with Crippen LogP contribution >= 0.6 is 0 Å². The summed E-state index contributed by atoms with van der Waals surface area (Å²) < 4.78 is 27.3. The van der Waals surface area contributed by atoms with Crippen LogP contribution < -0.4 is 9.62 Å². The van der Waals surface area contributed by atoms with E-state index < -0.39 is 10.0 Å². The molecule has 1 fully saturated rings. The third-order valence-electron chi connectivity index (χ3n) is 4.06. The smallest absolute Gasteiger partial charge is 0.263 e. The number of hydrogen-bond donors (Lipinski definition) is 1. The Kier molecular flexibility index (Phi) is 4.84. The van der Waals surface area contributed by atoms with Crippen LogP contribution in [0.3, 0.4) is 0 Å². The number of carbonyl (C=O) groups is 1. The van der Waals surface area contributed by atoms with Crippen molar-refractivity contribution >= 4 is 28.1 Å². The Hall–Kier alpha value is -2.68. The molecular formula is C16H19N5O3S. The Balaban J connectivity index is 1.71. The van der Waals surface area contributed by atoms with E-state index in [1.165, 1.54) is 0 Å². The second-order valence-electron chi connectivity index (χ2n) is 5.78. The molecule has 1 N–H and O–H groups in total. The van der Waals surface area contributed by atoms with Gasteiger partial charge in [0.25, 0.3) is 10.0 Å². The van der Waals surface area contributed by atoms with Crippen LogP contribution in [0.15, 0.2) is 41.3 Å². The zero-order chi connectivity index (χ0) is 17.9. The van der Waals surface area contributed by atoms with Gasteiger partial charge in [-0.25, -0.2) is 8.42 Å². The summed E-state index contributed by atoms with van der Waals surface area (Å²) in [5.74, 6) is 0.822. The first-order chi connectivity index (χ1) is 12.0. The first-order valence-electron chi connectivity index (χ1n) is 7.86. The molecule has 25 heavy (non-hydrogen) atoms. The van der Waals surface area contributed by atoms with E-state index in [4.69, 9.17) is 0 Å². The highest BCUT2D eigenvalue weighted by atomic mass is 32.2. The monoisotopic (exact) mass is 361 g/mol. The zero-order valence-electron chi connectivity index (χ0n) is 13.8. The van der Waals surface area contributed by atoms with Gasteiger partial charge < -0.3 is 9.80 Å². The molecule has 1 aromatic heterocycles. The number of aryl methyl sites for hydroxylation is 1. The number of carbonyl (C=O) groups excluding carboxylic acids is 1. The third kappa shape index (κ3) is 3.87. The molecule has 1 aliphatic heterocycles. The molecule has 132 valence electrons. The average Bonchev–Trinajstić information content (AvgIpc) is 2.62. The Labute approximate surface area is 146 Å². The molecule has 0 aliphatic carbocycles. The van der Waals surface area contributed by atoms with Gasteiger partial charge in [-0.15, -0.1) is 10.2 Å². The van der Waals surface area contributed by atoms with E-state index in [0.717, 1.165) is 6.41 Å². The minimum Gasteiger partial charge on any atom is -0.352 e. The van der Waals surface area contributed by atoms with Crippen LogP contribution in [0.2, 0.25) is 0 Å². The van der Waals surface area contributed by atoms with Crippen molar-refractivity contribution in [1.29, 1.82) is 0 Å². The molecule has 9 heteroatoms. The fraction of sp³-hybridized carbons (Fsp3) is 0.312. The number of amides is 1. The van der Waals surface area contributed by atoms with E-state index in [1.54, 1.807) is 48.2 Å². The maximum Gasteiger partial charge on any atom is 0.263 e. The minimum atomic E-state index is -3.70. The molecule has 0 radical (unpaired) electrons. The van der Waals surface area contributed by atoms with Gasteiger partial charge in [0.05, 0.1) is 4.90 Å². The second kappa shape index (κ2) is 7.06. The van der Waals surface area contributed by atoms with Crippen molar-refractivity contribution in [2.75, 3.05) is 35.8 Å². The minimum absolute atomic E-state index is 0.165. The topological polar surface area (TPSA) is 95.5 Å². The average molecular weight is 361 g/mol. The van der Waals surface area contributed by atoms with Crippen LogP contribution in [0.25, 0.3) is 0 Å². The lowest BCUT2D eigenvalue weighted by Crippen LogP contribution is -2.46. The van der Waals surface area contributed by atoms with E-state index in [9.17, 15) is 13.2 Å². The van der Waals surface area contributed by atoms with Gasteiger partial charge in [0, 0.05) is 26.2 Å². The van der Waals surface area contributed by atoms with Crippen molar-refractivity contribution in [2.24, 2.45) is 0 Å². The van der Waals surface area contributed by atoms with Gasteiger partial charge in [-0.3, -0.25) is 9.52 Å². The predicted molar refractivity (Wildman–Crippen MR) is 93.9 cm³/mol. The van der Waals surface area contributed by atoms with Crippen molar-refractivity contribution in [1.82, 2.24) is 15.1 Å². The Morgan fingerprint density at radius 2 is 1.76 bits per heavy atom. The van der Waals surface area contributed by atoms with Gasteiger partial charge in [-0.1, -0.05) is 18.2 Å². The first-order valence-corrected chi connectivity index (χ1v) is 9.34. The summed E-state index contributed by atoms with van der Waals surface area (Å²) in [5, 5.41) is 8.06. The van der Waals surface area contributed by atoms with E-state index in [2.05, 4.69) is 14.9 Å². The van der Waals surface area contributed by atoms with Gasteiger partial charge in [0.2, 0.25) is 6.41 Å². The number of hydrogen-bond acceptors (Lipinski definition) is 6. The van der Waals surface area contributed by atoms with Crippen LogP contribution in [-0.4, -0.2) is 56.1 Å². The van der Waals surface area contributed by atoms with Gasteiger partial charge >= 0.3 is 0 Å². The number of sulfonamides is 1. The molecule has 2 heterocycles. The van der Waals surface area contributed by atoms with Crippen LogP contribution in [0.5, 0.6) is 0 Å². The largest absolute Gasteiger partial charge is 0.352 e. The second-order valence-corrected chi connectivity index (χ2v) is 7.43. The highest BCUT2D eigenvalue weighted by molar-refractivity contribution is 7.92. The van der Waals surface area contributed by atoms with Crippen molar-refractivity contribution in [3.8, 4) is 0 Å². The maximum absolute atomic E-state index is 12.5. The fourth-order valence-electron chi connectivity index (χ4n) is 2.66. The quantitative estimate of drug-likeness (QED) is 0.794. The molecule has 1 saturated heterocycles. The van der Waals surface area contributed by atoms with Crippen LogP contribution in [0.1, 0.15) is 5.56 Å². The van der Waals surface area contributed by atoms with Crippen LogP contribution in [-0.2, 0) is 14.8 Å². The predicted octanol–water partition coefficient (Wildman–Crippen LogP) is 0.864. The molecule has 8 nitrogen and oxygen atoms in total. The summed E-state index contributed by atoms with van der Waals surface area (Å²) in [4.78, 5) is 14.7. The summed E-state index contributed by atoms with van der Waals surface area (Å²) in [5.41, 5.74) is 0.660. The molecule has 1 aliphatic rings. The molecule has 2 aromatic rings. The molecule has 0 unspecified atom stereocenters. The number of anilines is 2. The van der Waals surface area contributed by atoms with E-state index in [-0.39, 0.29) is 10.7 Å². The van der Waals surface area contributed by atoms with E-state index in [0.29, 0.717) is 37.6 Å². The fourth-order valence-corrected chi connectivity index (χ4v) is 3.90. The molecule has 1 amide bonds. The van der Waals surface area contributed by atoms with Gasteiger partial charge in [0.15, 0.2) is 11.6 Å². The number of rotatable bonds is 5. The summed E-state index contributed by atoms with van der Waals surface area (Å²) in [6.45, 7) is 4.34. The lowest BCUT2D eigenvalue weighted by atomic mass is 10.2. The Morgan fingerprint density at radius 1 is 1.04 bits per heavy atom. The van der Waals surface area contributed by atoms with Crippen LogP contribution in [0.4, 0.5) is 11.6 Å². The molecule has 0 bridgehead atoms. The Morgan fingerprint density at radius 3 is 2.36 bits per heavy atom. The molecule has 0 atom stereocenters. The Bertz CT molecular complexity index is 846. The van der Waals surface area contributed by atoms with Crippen molar-refractivity contribution in [2.45, 2.75) is 11.8 Å². The molecule has 0 spiro atoms. The number of benzene rings is 1. The van der Waals surface area contributed by atoms with E-state index in [1.807, 2.05) is 4.90 Å². The highest BCUT2D eigenvalue weighted by Gasteiger charge is 2.19. The third-order valence-corrected chi connectivity index (χ3v) is 5.57. The van der Waals surface area contributed by atoms with Crippen molar-refractivity contribution in [3.05, 3.63) is 42.0 Å². The number of nitrogens with one attached hydrogen (secondary N) is 1. The number of nitrogens with zero attached hydrogens (tertiary/aromatic N) is 4. The maximum atomic E-state index is 12.5. The lowest BCUT2D eigenvalue weighted by molar-refractivity contribution is -0.118. The summed E-state index contributed by atoms with van der Waals surface area (Å²) >= 11 is 0. The summed E-state index contributed by atoms with van der Waals surface area (Å²) in [6.07, 6.45) is 0.840. The number of piperazine rings is 1. The normalized spacial score (nSPS) is 15.1. The van der Waals surface area contributed by atoms with Gasteiger partial charge in [-0.2, -0.15) is 0 Å². The van der Waals surface area contributed by atoms with Gasteiger partial charge in [0.1, 0.15) is 0 Å². The van der Waals surface area contributed by atoms with E-state index >= 15 is 0 Å². The lowest BCUT2D eigenvalue weighted by Gasteiger charge is -2.32. The van der Waals surface area contributed by atoms with Crippen molar-refractivity contribution in [3.63, 3.8) is 0 Å². The molecule has 3 rings (SSSR count). The first kappa shape index (κ1) is 17.2.